The van der Waals surface area contributed by atoms with Crippen LogP contribution in [0.3, 0.4) is 0 Å². The largest absolute Gasteiger partial charge is 0.314 e. The number of hydrogen-bond acceptors (Lipinski definition) is 3. The molecular weight excluding hydrogens is 229 g/mol. The molecule has 0 saturated carbocycles. The molecule has 16 heavy (non-hydrogen) atoms. The molecule has 0 spiro atoms. The average Bonchev–Trinajstić information content (AvgIpc) is 2.17. The van der Waals surface area contributed by atoms with Crippen LogP contribution in [0.15, 0.2) is 29.2 Å². The number of halogens is 1. The minimum absolute atomic E-state index is 0.0203. The highest BCUT2D eigenvalue weighted by atomic mass is 32.2. The second-order valence-electron chi connectivity index (χ2n) is 3.69. The summed E-state index contributed by atoms with van der Waals surface area (Å²) in [6.45, 7) is 4.45. The Morgan fingerprint density at radius 3 is 2.38 bits per heavy atom. The second-order valence-corrected chi connectivity index (χ2v) is 5.73. The molecule has 0 aliphatic carbocycles. The van der Waals surface area contributed by atoms with E-state index in [9.17, 15) is 12.8 Å². The second kappa shape index (κ2) is 5.41. The molecule has 1 atom stereocenters. The lowest BCUT2D eigenvalue weighted by Gasteiger charge is -2.12. The van der Waals surface area contributed by atoms with Crippen LogP contribution in [0, 0.1) is 5.82 Å². The van der Waals surface area contributed by atoms with Crippen molar-refractivity contribution < 1.29 is 12.8 Å². The number of benzene rings is 1. The van der Waals surface area contributed by atoms with Gasteiger partial charge in [-0.1, -0.05) is 6.92 Å². The van der Waals surface area contributed by atoms with Crippen molar-refractivity contribution in [3.63, 3.8) is 0 Å². The SMILES string of the molecule is CCNC(C)CS(=O)(=O)c1ccc(F)cc1. The van der Waals surface area contributed by atoms with Crippen LogP contribution in [-0.2, 0) is 9.84 Å². The van der Waals surface area contributed by atoms with Crippen molar-refractivity contribution in [1.29, 1.82) is 0 Å². The molecule has 3 nitrogen and oxygen atoms in total. The van der Waals surface area contributed by atoms with Gasteiger partial charge in [0.2, 0.25) is 0 Å². The lowest BCUT2D eigenvalue weighted by Crippen LogP contribution is -2.32. The predicted octanol–water partition coefficient (Wildman–Crippen LogP) is 1.60. The summed E-state index contributed by atoms with van der Waals surface area (Å²) in [7, 11) is -3.33. The van der Waals surface area contributed by atoms with Crippen molar-refractivity contribution in [2.24, 2.45) is 0 Å². The lowest BCUT2D eigenvalue weighted by atomic mass is 10.3. The highest BCUT2D eigenvalue weighted by Crippen LogP contribution is 2.12. The van der Waals surface area contributed by atoms with E-state index in [2.05, 4.69) is 5.32 Å². The summed E-state index contributed by atoms with van der Waals surface area (Å²) >= 11 is 0. The standard InChI is InChI=1S/C11H16FNO2S/c1-3-13-9(2)8-16(14,15)11-6-4-10(12)5-7-11/h4-7,9,13H,3,8H2,1-2H3. The minimum Gasteiger partial charge on any atom is -0.314 e. The van der Waals surface area contributed by atoms with Crippen molar-refractivity contribution in [3.05, 3.63) is 30.1 Å². The molecule has 0 aliphatic rings. The Kier molecular flexibility index (Phi) is 4.44. The van der Waals surface area contributed by atoms with Crippen molar-refractivity contribution in [2.45, 2.75) is 24.8 Å². The molecule has 1 aromatic carbocycles. The smallest absolute Gasteiger partial charge is 0.179 e. The van der Waals surface area contributed by atoms with Crippen LogP contribution in [-0.4, -0.2) is 26.8 Å². The molecule has 0 fully saturated rings. The van der Waals surface area contributed by atoms with Gasteiger partial charge in [-0.15, -0.1) is 0 Å². The summed E-state index contributed by atoms with van der Waals surface area (Å²) < 4.78 is 36.4. The monoisotopic (exact) mass is 245 g/mol. The molecule has 5 heteroatoms. The third-order valence-electron chi connectivity index (χ3n) is 2.19. The molecule has 0 radical (unpaired) electrons. The first kappa shape index (κ1) is 13.1. The van der Waals surface area contributed by atoms with Gasteiger partial charge in [0.05, 0.1) is 10.6 Å². The van der Waals surface area contributed by atoms with Gasteiger partial charge in [0, 0.05) is 6.04 Å². The summed E-state index contributed by atoms with van der Waals surface area (Å²) in [6, 6.07) is 4.79. The summed E-state index contributed by atoms with van der Waals surface area (Å²) in [5.41, 5.74) is 0. The van der Waals surface area contributed by atoms with E-state index in [1.54, 1.807) is 0 Å². The van der Waals surface area contributed by atoms with Gasteiger partial charge >= 0.3 is 0 Å². The molecule has 0 amide bonds. The zero-order valence-corrected chi connectivity index (χ0v) is 10.2. The average molecular weight is 245 g/mol. The van der Waals surface area contributed by atoms with Gasteiger partial charge in [-0.2, -0.15) is 0 Å². The van der Waals surface area contributed by atoms with Gasteiger partial charge in [0.25, 0.3) is 0 Å². The molecule has 0 saturated heterocycles. The maximum atomic E-state index is 12.7. The maximum Gasteiger partial charge on any atom is 0.179 e. The molecule has 0 heterocycles. The van der Waals surface area contributed by atoms with Crippen LogP contribution >= 0.6 is 0 Å². The quantitative estimate of drug-likeness (QED) is 0.801. The first-order chi connectivity index (χ1) is 7.45. The Morgan fingerprint density at radius 2 is 1.88 bits per heavy atom. The third-order valence-corrected chi connectivity index (χ3v) is 4.12. The molecule has 0 bridgehead atoms. The fourth-order valence-corrected chi connectivity index (χ4v) is 2.99. The summed E-state index contributed by atoms with van der Waals surface area (Å²) in [5, 5.41) is 3.03. The Hall–Kier alpha value is -0.940. The first-order valence-electron chi connectivity index (χ1n) is 5.17. The van der Waals surface area contributed by atoms with E-state index >= 15 is 0 Å². The van der Waals surface area contributed by atoms with E-state index in [1.165, 1.54) is 12.1 Å². The van der Waals surface area contributed by atoms with Crippen LogP contribution in [0.25, 0.3) is 0 Å². The topological polar surface area (TPSA) is 46.2 Å². The summed E-state index contributed by atoms with van der Waals surface area (Å²) in [5.74, 6) is -0.411. The highest BCUT2D eigenvalue weighted by Gasteiger charge is 2.17. The van der Waals surface area contributed by atoms with E-state index in [1.807, 2.05) is 13.8 Å². The fraction of sp³-hybridized carbons (Fsp3) is 0.455. The molecule has 0 aromatic heterocycles. The van der Waals surface area contributed by atoms with Crippen LogP contribution in [0.1, 0.15) is 13.8 Å². The van der Waals surface area contributed by atoms with E-state index in [-0.39, 0.29) is 16.7 Å². The molecule has 1 aromatic rings. The van der Waals surface area contributed by atoms with E-state index in [0.717, 1.165) is 18.7 Å². The van der Waals surface area contributed by atoms with Crippen molar-refractivity contribution >= 4 is 9.84 Å². The zero-order chi connectivity index (χ0) is 12.2. The van der Waals surface area contributed by atoms with E-state index < -0.39 is 15.7 Å². The van der Waals surface area contributed by atoms with Crippen molar-refractivity contribution in [3.8, 4) is 0 Å². The van der Waals surface area contributed by atoms with Gasteiger partial charge in [-0.05, 0) is 37.7 Å². The van der Waals surface area contributed by atoms with Crippen molar-refractivity contribution in [1.82, 2.24) is 5.32 Å². The summed E-state index contributed by atoms with van der Waals surface area (Å²) in [6.07, 6.45) is 0. The van der Waals surface area contributed by atoms with Gasteiger partial charge in [-0.25, -0.2) is 12.8 Å². The maximum absolute atomic E-state index is 12.7. The zero-order valence-electron chi connectivity index (χ0n) is 9.40. The molecular formula is C11H16FNO2S. The Bertz CT molecular complexity index is 428. The predicted molar refractivity (Wildman–Crippen MR) is 61.6 cm³/mol. The molecule has 0 aliphatic heterocycles. The van der Waals surface area contributed by atoms with Gasteiger partial charge < -0.3 is 5.32 Å². The van der Waals surface area contributed by atoms with Crippen LogP contribution in [0.2, 0.25) is 0 Å². The summed E-state index contributed by atoms with van der Waals surface area (Å²) in [4.78, 5) is 0.165. The Balaban J connectivity index is 2.82. The van der Waals surface area contributed by atoms with Crippen LogP contribution in [0.4, 0.5) is 4.39 Å². The van der Waals surface area contributed by atoms with Gasteiger partial charge in [0.15, 0.2) is 9.84 Å². The highest BCUT2D eigenvalue weighted by molar-refractivity contribution is 7.91. The number of nitrogens with one attached hydrogen (secondary N) is 1. The molecule has 1 rings (SSSR count). The van der Waals surface area contributed by atoms with Crippen LogP contribution < -0.4 is 5.32 Å². The number of hydrogen-bond donors (Lipinski definition) is 1. The molecule has 1 unspecified atom stereocenters. The van der Waals surface area contributed by atoms with Crippen LogP contribution in [0.5, 0.6) is 0 Å². The fourth-order valence-electron chi connectivity index (χ4n) is 1.47. The van der Waals surface area contributed by atoms with E-state index in [4.69, 9.17) is 0 Å². The van der Waals surface area contributed by atoms with Gasteiger partial charge in [0.1, 0.15) is 5.82 Å². The normalized spacial score (nSPS) is 13.7. The van der Waals surface area contributed by atoms with E-state index in [0.29, 0.717) is 0 Å². The van der Waals surface area contributed by atoms with Crippen molar-refractivity contribution in [2.75, 3.05) is 12.3 Å². The number of sulfone groups is 1. The van der Waals surface area contributed by atoms with Gasteiger partial charge in [-0.3, -0.25) is 0 Å². The lowest BCUT2D eigenvalue weighted by molar-refractivity contribution is 0.566. The minimum atomic E-state index is -3.33. The Morgan fingerprint density at radius 1 is 1.31 bits per heavy atom. The first-order valence-corrected chi connectivity index (χ1v) is 6.82. The molecule has 1 N–H and O–H groups in total. The molecule has 90 valence electrons. The third kappa shape index (κ3) is 3.57. The number of rotatable bonds is 5. The Labute approximate surface area is 95.6 Å².